The Morgan fingerprint density at radius 3 is 2.56 bits per heavy atom. The molecule has 0 aromatic heterocycles. The van der Waals surface area contributed by atoms with Crippen molar-refractivity contribution < 1.29 is 9.18 Å². The van der Waals surface area contributed by atoms with Gasteiger partial charge in [0.1, 0.15) is 5.82 Å². The molecule has 0 spiro atoms. The molecule has 3 rings (SSSR count). The molecule has 1 unspecified atom stereocenters. The highest BCUT2D eigenvalue weighted by Crippen LogP contribution is 2.40. The first-order chi connectivity index (χ1) is 11.7. The summed E-state index contributed by atoms with van der Waals surface area (Å²) in [6.45, 7) is 10.6. The van der Waals surface area contributed by atoms with Crippen LogP contribution in [0.15, 0.2) is 34.9 Å². The minimum absolute atomic E-state index is 0.169. The predicted octanol–water partition coefficient (Wildman–Crippen LogP) is 4.45. The van der Waals surface area contributed by atoms with Gasteiger partial charge in [0.2, 0.25) is 0 Å². The Morgan fingerprint density at radius 1 is 1.28 bits per heavy atom. The topological polar surface area (TPSA) is 40.9 Å². The number of hydrogen-bond acceptors (Lipinski definition) is 1. The van der Waals surface area contributed by atoms with E-state index in [0.717, 1.165) is 27.8 Å². The third-order valence-electron chi connectivity index (χ3n) is 5.12. The van der Waals surface area contributed by atoms with E-state index in [1.165, 1.54) is 11.2 Å². The van der Waals surface area contributed by atoms with Crippen LogP contribution in [-0.2, 0) is 11.2 Å². The monoisotopic (exact) mass is 352 g/mol. The molecule has 2 aliphatic carbocycles. The number of halogens is 1. The van der Waals surface area contributed by atoms with Crippen LogP contribution < -0.4 is 5.73 Å². The molecule has 1 atom stereocenters. The zero-order chi connectivity index (χ0) is 18.5. The van der Waals surface area contributed by atoms with Crippen LogP contribution in [0.1, 0.15) is 37.5 Å². The molecule has 25 heavy (non-hydrogen) atoms. The summed E-state index contributed by atoms with van der Waals surface area (Å²) in [4.78, 5) is 12.1. The Labute approximate surface area is 150 Å². The number of hydrogen-bond donors (Lipinski definition) is 0. The smallest absolute Gasteiger partial charge is 0.267 e. The average molecular weight is 353 g/mol. The van der Waals surface area contributed by atoms with Crippen molar-refractivity contribution in [1.82, 2.24) is 5.73 Å². The fourth-order valence-electron chi connectivity index (χ4n) is 4.24. The maximum Gasteiger partial charge on any atom is 0.270 e. The van der Waals surface area contributed by atoms with Crippen LogP contribution in [0.4, 0.5) is 4.39 Å². The number of carbonyl (C=O) groups is 1. The molecule has 0 saturated heterocycles. The molecule has 0 fully saturated rings. The van der Waals surface area contributed by atoms with Gasteiger partial charge in [-0.3, -0.25) is 10.5 Å². The summed E-state index contributed by atoms with van der Waals surface area (Å²) >= 11 is 0. The van der Waals surface area contributed by atoms with Gasteiger partial charge >= 0.3 is 0 Å². The van der Waals surface area contributed by atoms with E-state index < -0.39 is 14.3 Å². The van der Waals surface area contributed by atoms with Gasteiger partial charge in [0, 0.05) is 14.0 Å². The molecule has 0 aliphatic heterocycles. The molecule has 1 aromatic rings. The number of nitrogens with one attached hydrogen (secondary N) is 1. The normalized spacial score (nSPS) is 19.6. The average Bonchev–Trinajstić information content (AvgIpc) is 2.90. The zero-order valence-corrected chi connectivity index (χ0v) is 16.4. The lowest BCUT2D eigenvalue weighted by Crippen LogP contribution is -2.26. The first kappa shape index (κ1) is 17.7. The van der Waals surface area contributed by atoms with Crippen molar-refractivity contribution in [3.63, 3.8) is 0 Å². The number of benzene rings is 1. The van der Waals surface area contributed by atoms with Gasteiger partial charge in [0.05, 0.1) is 0 Å². The van der Waals surface area contributed by atoms with Crippen LogP contribution in [0.25, 0.3) is 11.6 Å². The highest BCUT2D eigenvalue weighted by Gasteiger charge is 2.29. The maximum atomic E-state index is 14.3. The Bertz CT molecular complexity index is 914. The lowest BCUT2D eigenvalue weighted by Gasteiger charge is -2.28. The lowest BCUT2D eigenvalue weighted by atomic mass is 9.80. The minimum atomic E-state index is -0.701. The van der Waals surface area contributed by atoms with Gasteiger partial charge in [0.25, 0.3) is 5.91 Å². The van der Waals surface area contributed by atoms with Crippen molar-refractivity contribution in [2.45, 2.75) is 40.3 Å². The number of allylic oxidation sites excluding steroid dienone is 3. The molecule has 0 bridgehead atoms. The first-order valence-corrected chi connectivity index (χ1v) is 11.1. The van der Waals surface area contributed by atoms with Crippen molar-refractivity contribution in [3.8, 4) is 0 Å². The van der Waals surface area contributed by atoms with Crippen LogP contribution in [0.3, 0.4) is 0 Å². The molecule has 2 aliphatic rings. The van der Waals surface area contributed by atoms with Crippen molar-refractivity contribution in [1.29, 1.82) is 0 Å². The van der Waals surface area contributed by atoms with Gasteiger partial charge < -0.3 is 0 Å². The SMILES string of the molecule is CC1=Cc2c(C3=C(C)C(=[Si](C)C)C(C)C=C3C([NH])=O)ccc(F)c2C1. The second-order valence-corrected chi connectivity index (χ2v) is 9.81. The van der Waals surface area contributed by atoms with E-state index in [2.05, 4.69) is 26.9 Å². The van der Waals surface area contributed by atoms with Crippen molar-refractivity contribution in [2.24, 2.45) is 5.92 Å². The summed E-state index contributed by atoms with van der Waals surface area (Å²) in [5.41, 5.74) is 13.7. The third kappa shape index (κ3) is 2.89. The molecule has 0 saturated carbocycles. The second-order valence-electron chi connectivity index (χ2n) is 7.27. The van der Waals surface area contributed by atoms with E-state index in [1.54, 1.807) is 6.07 Å². The highest BCUT2D eigenvalue weighted by atomic mass is 28.2. The van der Waals surface area contributed by atoms with Gasteiger partial charge in [-0.2, -0.15) is 0 Å². The Hall–Kier alpha value is -2.07. The van der Waals surface area contributed by atoms with Crippen LogP contribution >= 0.6 is 0 Å². The molecular weight excluding hydrogens is 329 g/mol. The quantitative estimate of drug-likeness (QED) is 0.725. The summed E-state index contributed by atoms with van der Waals surface area (Å²) in [5.74, 6) is -0.697. The van der Waals surface area contributed by atoms with Gasteiger partial charge in [-0.15, -0.1) is 0 Å². The number of fused-ring (bicyclic) bond motifs is 1. The van der Waals surface area contributed by atoms with Crippen molar-refractivity contribution >= 4 is 31.1 Å². The Kier molecular flexibility index (Phi) is 4.50. The highest BCUT2D eigenvalue weighted by molar-refractivity contribution is 6.72. The molecule has 4 heteroatoms. The van der Waals surface area contributed by atoms with Gasteiger partial charge in [-0.05, 0) is 60.1 Å². The van der Waals surface area contributed by atoms with Gasteiger partial charge in [-0.1, -0.05) is 49.0 Å². The van der Waals surface area contributed by atoms with Crippen molar-refractivity contribution in [3.05, 3.63) is 57.4 Å². The van der Waals surface area contributed by atoms with Crippen LogP contribution in [-0.4, -0.2) is 19.5 Å². The molecule has 1 N–H and O–H groups in total. The second kappa shape index (κ2) is 6.34. The van der Waals surface area contributed by atoms with E-state index >= 15 is 0 Å². The number of carbonyl (C=O) groups excluding carboxylic acids is 1. The third-order valence-corrected chi connectivity index (χ3v) is 7.03. The van der Waals surface area contributed by atoms with Gasteiger partial charge in [0.15, 0.2) is 0 Å². The molecule has 0 heterocycles. The Balaban J connectivity index is 2.35. The molecule has 129 valence electrons. The molecular formula is C21H23FNOSi. The fourth-order valence-corrected chi connectivity index (χ4v) is 6.11. The number of amides is 1. The maximum absolute atomic E-state index is 14.3. The van der Waals surface area contributed by atoms with Gasteiger partial charge in [-0.25, -0.2) is 4.39 Å². The van der Waals surface area contributed by atoms with E-state index in [1.807, 2.05) is 19.1 Å². The van der Waals surface area contributed by atoms with Crippen LogP contribution in [0.2, 0.25) is 13.1 Å². The molecule has 1 amide bonds. The predicted molar refractivity (Wildman–Crippen MR) is 104 cm³/mol. The summed E-state index contributed by atoms with van der Waals surface area (Å²) in [6, 6.07) is 3.26. The first-order valence-electron chi connectivity index (χ1n) is 8.58. The Morgan fingerprint density at radius 2 is 1.96 bits per heavy atom. The fraction of sp³-hybridized carbons (Fsp3) is 0.333. The summed E-state index contributed by atoms with van der Waals surface area (Å²) < 4.78 is 14.3. The molecule has 1 radical (unpaired) electrons. The molecule has 1 aromatic carbocycles. The minimum Gasteiger partial charge on any atom is -0.267 e. The van der Waals surface area contributed by atoms with Crippen molar-refractivity contribution in [2.75, 3.05) is 0 Å². The standard InChI is InChI=1S/C21H23FNOSi/c1-11-8-15-14(6-7-18(22)16(15)9-11)19-13(3)20(25(4)5)12(2)10-17(19)21(23)24/h6-8,10,12,23H,9H2,1-5H3. The van der Waals surface area contributed by atoms with Crippen LogP contribution in [0.5, 0.6) is 0 Å². The van der Waals surface area contributed by atoms with E-state index in [4.69, 9.17) is 5.73 Å². The van der Waals surface area contributed by atoms with E-state index in [9.17, 15) is 9.18 Å². The lowest BCUT2D eigenvalue weighted by molar-refractivity contribution is -0.114. The zero-order valence-electron chi connectivity index (χ0n) is 15.4. The molecule has 2 nitrogen and oxygen atoms in total. The summed E-state index contributed by atoms with van der Waals surface area (Å²) in [7, 11) is -0.701. The number of rotatable bonds is 2. The van der Waals surface area contributed by atoms with E-state index in [0.29, 0.717) is 17.6 Å². The largest absolute Gasteiger partial charge is 0.270 e. The van der Waals surface area contributed by atoms with Crippen LogP contribution in [0, 0.1) is 11.7 Å². The summed E-state index contributed by atoms with van der Waals surface area (Å²) in [5, 5.41) is 1.38. The summed E-state index contributed by atoms with van der Waals surface area (Å²) in [6.07, 6.45) is 4.55. The van der Waals surface area contributed by atoms with E-state index in [-0.39, 0.29) is 11.7 Å².